The summed E-state index contributed by atoms with van der Waals surface area (Å²) in [4.78, 5) is 13.1. The Morgan fingerprint density at radius 2 is 1.50 bits per heavy atom. The second-order valence-electron chi connectivity index (χ2n) is 7.32. The largest absolute Gasteiger partial charge is 0.375 e. The number of benzene rings is 3. The zero-order chi connectivity index (χ0) is 21.1. The van der Waals surface area contributed by atoms with Gasteiger partial charge in [-0.2, -0.15) is 10.5 Å². The number of fused-ring (bicyclic) bond motifs is 1. The molecular formula is C25H18ClN3O. The number of anilines is 1. The monoisotopic (exact) mass is 411 g/mol. The standard InChI is InChI=1S/C25H18ClN3O/c26-21-12-6-4-11-19(21)24-25(15-27,16-28)20(18-10-5-7-13-22(18)29-24)14-23(30)17-8-2-1-3-9-17/h1-13,20,24,29H,14H2/t20-,24+/m1/s1. The number of nitrogens with zero attached hydrogens (tertiary/aromatic N) is 2. The van der Waals surface area contributed by atoms with Gasteiger partial charge in [0.25, 0.3) is 0 Å². The molecule has 146 valence electrons. The second kappa shape index (κ2) is 8.03. The third-order valence-corrected chi connectivity index (χ3v) is 6.06. The number of carbonyl (C=O) groups excluding carboxylic acids is 1. The van der Waals surface area contributed by atoms with E-state index in [1.165, 1.54) is 0 Å². The highest BCUT2D eigenvalue weighted by molar-refractivity contribution is 6.31. The average molecular weight is 412 g/mol. The van der Waals surface area contributed by atoms with Crippen molar-refractivity contribution in [1.82, 2.24) is 0 Å². The van der Waals surface area contributed by atoms with Crippen molar-refractivity contribution in [3.05, 3.63) is 101 Å². The van der Waals surface area contributed by atoms with Gasteiger partial charge in [0.1, 0.15) is 0 Å². The Kier molecular flexibility index (Phi) is 5.27. The van der Waals surface area contributed by atoms with Crippen LogP contribution < -0.4 is 5.32 Å². The molecule has 0 saturated carbocycles. The Balaban J connectivity index is 1.87. The van der Waals surface area contributed by atoms with E-state index in [9.17, 15) is 15.3 Å². The molecule has 0 amide bonds. The van der Waals surface area contributed by atoms with Gasteiger partial charge in [0.2, 0.25) is 0 Å². The summed E-state index contributed by atoms with van der Waals surface area (Å²) in [6, 6.07) is 27.5. The molecule has 3 aromatic carbocycles. The summed E-state index contributed by atoms with van der Waals surface area (Å²) in [5, 5.41) is 24.4. The third kappa shape index (κ3) is 3.22. The Morgan fingerprint density at radius 3 is 2.17 bits per heavy atom. The maximum Gasteiger partial charge on any atom is 0.175 e. The van der Waals surface area contributed by atoms with E-state index in [0.717, 1.165) is 11.3 Å². The molecule has 5 heteroatoms. The number of halogens is 1. The molecule has 2 atom stereocenters. The van der Waals surface area contributed by atoms with Crippen molar-refractivity contribution in [2.75, 3.05) is 5.32 Å². The fourth-order valence-electron chi connectivity index (χ4n) is 4.19. The molecule has 0 radical (unpaired) electrons. The molecule has 1 aliphatic heterocycles. The van der Waals surface area contributed by atoms with Crippen LogP contribution in [0.2, 0.25) is 5.02 Å². The topological polar surface area (TPSA) is 76.7 Å². The van der Waals surface area contributed by atoms with E-state index in [0.29, 0.717) is 16.1 Å². The van der Waals surface area contributed by atoms with Crippen LogP contribution >= 0.6 is 11.6 Å². The third-order valence-electron chi connectivity index (χ3n) is 5.71. The van der Waals surface area contributed by atoms with Crippen molar-refractivity contribution in [2.24, 2.45) is 5.41 Å². The SMILES string of the molecule is N#CC1(C#N)[C@H](CC(=O)c2ccccc2)c2ccccc2N[C@H]1c1ccccc1Cl. The predicted molar refractivity (Wildman–Crippen MR) is 116 cm³/mol. The van der Waals surface area contributed by atoms with Gasteiger partial charge in [-0.1, -0.05) is 78.3 Å². The minimum atomic E-state index is -1.51. The van der Waals surface area contributed by atoms with Crippen LogP contribution in [-0.2, 0) is 0 Å². The number of para-hydroxylation sites is 1. The van der Waals surface area contributed by atoms with Gasteiger partial charge in [-0.3, -0.25) is 4.79 Å². The molecular weight excluding hydrogens is 394 g/mol. The quantitative estimate of drug-likeness (QED) is 0.542. The number of Topliss-reactive ketones (excluding diaryl/α,β-unsaturated/α-hetero) is 1. The van der Waals surface area contributed by atoms with E-state index in [2.05, 4.69) is 17.5 Å². The zero-order valence-corrected chi connectivity index (χ0v) is 16.8. The molecule has 3 aromatic rings. The highest BCUT2D eigenvalue weighted by Gasteiger charge is 2.53. The van der Waals surface area contributed by atoms with Gasteiger partial charge in [0, 0.05) is 28.6 Å². The first-order chi connectivity index (χ1) is 14.6. The Bertz CT molecular complexity index is 1160. The van der Waals surface area contributed by atoms with Crippen LogP contribution in [0.15, 0.2) is 78.9 Å². The van der Waals surface area contributed by atoms with Crippen LogP contribution in [0.5, 0.6) is 0 Å². The van der Waals surface area contributed by atoms with Gasteiger partial charge >= 0.3 is 0 Å². The summed E-state index contributed by atoms with van der Waals surface area (Å²) < 4.78 is 0. The van der Waals surface area contributed by atoms with E-state index in [-0.39, 0.29) is 12.2 Å². The Hall–Kier alpha value is -3.60. The van der Waals surface area contributed by atoms with Gasteiger partial charge in [0.15, 0.2) is 11.2 Å². The minimum absolute atomic E-state index is 0.0464. The van der Waals surface area contributed by atoms with Crippen molar-refractivity contribution in [1.29, 1.82) is 10.5 Å². The highest BCUT2D eigenvalue weighted by atomic mass is 35.5. The van der Waals surface area contributed by atoms with Crippen LogP contribution in [-0.4, -0.2) is 5.78 Å². The van der Waals surface area contributed by atoms with Gasteiger partial charge in [-0.25, -0.2) is 0 Å². The first-order valence-electron chi connectivity index (χ1n) is 9.61. The molecule has 0 bridgehead atoms. The maximum absolute atomic E-state index is 13.1. The highest BCUT2D eigenvalue weighted by Crippen LogP contribution is 2.54. The fourth-order valence-corrected chi connectivity index (χ4v) is 4.43. The van der Waals surface area contributed by atoms with E-state index in [1.807, 2.05) is 42.5 Å². The Labute approximate surface area is 180 Å². The minimum Gasteiger partial charge on any atom is -0.375 e. The first-order valence-corrected chi connectivity index (χ1v) is 9.99. The number of rotatable bonds is 4. The molecule has 1 N–H and O–H groups in total. The number of nitrogens with one attached hydrogen (secondary N) is 1. The number of carbonyl (C=O) groups is 1. The number of hydrogen-bond donors (Lipinski definition) is 1. The summed E-state index contributed by atoms with van der Waals surface area (Å²) >= 11 is 6.45. The van der Waals surface area contributed by atoms with E-state index >= 15 is 0 Å². The molecule has 0 fully saturated rings. The first kappa shape index (κ1) is 19.7. The fraction of sp³-hybridized carbons (Fsp3) is 0.160. The second-order valence-corrected chi connectivity index (χ2v) is 7.73. The smallest absolute Gasteiger partial charge is 0.175 e. The Morgan fingerprint density at radius 1 is 0.900 bits per heavy atom. The lowest BCUT2D eigenvalue weighted by molar-refractivity contribution is 0.0957. The van der Waals surface area contributed by atoms with Gasteiger partial charge in [-0.15, -0.1) is 0 Å². The van der Waals surface area contributed by atoms with Crippen LogP contribution in [0.25, 0.3) is 0 Å². The van der Waals surface area contributed by atoms with E-state index < -0.39 is 17.4 Å². The lowest BCUT2D eigenvalue weighted by Gasteiger charge is -2.42. The molecule has 4 rings (SSSR count). The molecule has 0 unspecified atom stereocenters. The predicted octanol–water partition coefficient (Wildman–Crippen LogP) is 5.90. The molecule has 4 nitrogen and oxygen atoms in total. The summed E-state index contributed by atoms with van der Waals surface area (Å²) in [6.45, 7) is 0. The molecule has 1 aliphatic rings. The summed E-state index contributed by atoms with van der Waals surface area (Å²) in [5.74, 6) is -0.719. The zero-order valence-electron chi connectivity index (χ0n) is 16.0. The summed E-state index contributed by atoms with van der Waals surface area (Å²) in [7, 11) is 0. The van der Waals surface area contributed by atoms with Crippen molar-refractivity contribution in [3.8, 4) is 12.1 Å². The van der Waals surface area contributed by atoms with Crippen molar-refractivity contribution < 1.29 is 4.79 Å². The molecule has 0 spiro atoms. The van der Waals surface area contributed by atoms with Crippen LogP contribution in [0.4, 0.5) is 5.69 Å². The molecule has 0 aromatic heterocycles. The lowest BCUT2D eigenvalue weighted by atomic mass is 9.63. The summed E-state index contributed by atoms with van der Waals surface area (Å²) in [5.41, 5.74) is 1.30. The van der Waals surface area contributed by atoms with Crippen molar-refractivity contribution >= 4 is 23.1 Å². The van der Waals surface area contributed by atoms with Gasteiger partial charge < -0.3 is 5.32 Å². The number of hydrogen-bond acceptors (Lipinski definition) is 4. The van der Waals surface area contributed by atoms with E-state index in [4.69, 9.17) is 11.6 Å². The molecule has 0 saturated heterocycles. The lowest BCUT2D eigenvalue weighted by Crippen LogP contribution is -2.42. The molecule has 1 heterocycles. The van der Waals surface area contributed by atoms with Crippen LogP contribution in [0.3, 0.4) is 0 Å². The van der Waals surface area contributed by atoms with Gasteiger partial charge in [-0.05, 0) is 23.3 Å². The molecule has 30 heavy (non-hydrogen) atoms. The normalized spacial score (nSPS) is 18.9. The van der Waals surface area contributed by atoms with Crippen molar-refractivity contribution in [3.63, 3.8) is 0 Å². The van der Waals surface area contributed by atoms with Crippen LogP contribution in [0, 0.1) is 28.1 Å². The molecule has 0 aliphatic carbocycles. The van der Waals surface area contributed by atoms with Crippen molar-refractivity contribution in [2.45, 2.75) is 18.4 Å². The number of ketones is 1. The maximum atomic E-state index is 13.1. The van der Waals surface area contributed by atoms with Gasteiger partial charge in [0.05, 0.1) is 18.2 Å². The van der Waals surface area contributed by atoms with Crippen LogP contribution in [0.1, 0.15) is 39.9 Å². The average Bonchev–Trinajstić information content (AvgIpc) is 2.80. The summed E-state index contributed by atoms with van der Waals surface area (Å²) in [6.07, 6.45) is 0.0464. The number of nitriles is 2. The van der Waals surface area contributed by atoms with E-state index in [1.54, 1.807) is 36.4 Å².